The standard InChI is InChI=1S/C74H54OP2.2BrH/c1-7-31-63-55(19-1)25-13-37-69(63)76(70-38-14-26-56-20-2-8-32-64(56)70,71-39-15-27-57-21-3-9-33-65(57)71)51-53-43-47-61(48-44-53)75-62-49-45-54(46-50-62)52-77(72-40-16-28-58-22-4-10-34-66(58)72,73-41-17-29-59-23-5-11-35-67(59)73)74-42-18-30-60-24-6-12-36-68(60)74;;/h1-50H,51-52H2;2*1H/q+2;;/p-2. The second kappa shape index (κ2) is 22.2. The summed E-state index contributed by atoms with van der Waals surface area (Å²) in [5.74, 6) is 1.63. The fourth-order valence-electron chi connectivity index (χ4n) is 12.5. The minimum Gasteiger partial charge on any atom is -1.00 e. The van der Waals surface area contributed by atoms with Gasteiger partial charge in [-0.25, -0.2) is 0 Å². The Morgan fingerprint density at radius 3 is 0.608 bits per heavy atom. The maximum Gasteiger partial charge on any atom is 0.127 e. The van der Waals surface area contributed by atoms with E-state index < -0.39 is 14.5 Å². The second-order valence-corrected chi connectivity index (χ2v) is 27.1. The maximum absolute atomic E-state index is 6.82. The Labute approximate surface area is 484 Å². The fourth-order valence-corrected chi connectivity index (χ4v) is 22.4. The zero-order valence-corrected chi connectivity index (χ0v) is 48.3. The lowest BCUT2D eigenvalue weighted by molar-refractivity contribution is -0.00100. The van der Waals surface area contributed by atoms with Crippen LogP contribution in [0.5, 0.6) is 11.5 Å². The molecule has 0 aliphatic carbocycles. The molecule has 14 rings (SSSR count). The SMILES string of the molecule is [Br-].[Br-].c1ccc2c([P+](Cc3ccc(Oc4ccc(C[P+](c5cccc6ccccc56)(c5cccc6ccccc56)c5cccc6ccccc56)cc4)cc3)(c3cccc4ccccc34)c3cccc4ccccc34)cccc2c1. The van der Waals surface area contributed by atoms with E-state index >= 15 is 0 Å². The number of fused-ring (bicyclic) bond motifs is 6. The molecule has 380 valence electrons. The predicted molar refractivity (Wildman–Crippen MR) is 336 cm³/mol. The van der Waals surface area contributed by atoms with Gasteiger partial charge in [0.05, 0.1) is 12.3 Å². The van der Waals surface area contributed by atoms with Crippen LogP contribution in [-0.4, -0.2) is 0 Å². The lowest BCUT2D eigenvalue weighted by atomic mass is 10.1. The van der Waals surface area contributed by atoms with E-state index in [1.54, 1.807) is 0 Å². The number of benzene rings is 14. The molecule has 0 N–H and O–H groups in total. The van der Waals surface area contributed by atoms with Crippen molar-refractivity contribution >= 4 is 111 Å². The van der Waals surface area contributed by atoms with Crippen molar-refractivity contribution in [3.8, 4) is 11.5 Å². The van der Waals surface area contributed by atoms with Crippen LogP contribution in [0.4, 0.5) is 0 Å². The zero-order chi connectivity index (χ0) is 51.2. The van der Waals surface area contributed by atoms with Gasteiger partial charge in [0.2, 0.25) is 0 Å². The molecule has 0 saturated heterocycles. The first-order valence-electron chi connectivity index (χ1n) is 26.7. The minimum atomic E-state index is -2.46. The summed E-state index contributed by atoms with van der Waals surface area (Å²) in [6, 6.07) is 113. The Morgan fingerprint density at radius 1 is 0.203 bits per heavy atom. The maximum atomic E-state index is 6.82. The highest BCUT2D eigenvalue weighted by molar-refractivity contribution is 7.96. The van der Waals surface area contributed by atoms with Gasteiger partial charge in [-0.2, -0.15) is 0 Å². The Hall–Kier alpha value is -7.74. The van der Waals surface area contributed by atoms with Gasteiger partial charge in [-0.1, -0.05) is 243 Å². The number of hydrogen-bond donors (Lipinski definition) is 0. The van der Waals surface area contributed by atoms with Gasteiger partial charge in [0.25, 0.3) is 0 Å². The van der Waals surface area contributed by atoms with E-state index in [2.05, 4.69) is 303 Å². The first-order valence-corrected chi connectivity index (χ1v) is 30.6. The molecular weight excluding hydrogens is 1130 g/mol. The van der Waals surface area contributed by atoms with E-state index in [4.69, 9.17) is 4.74 Å². The van der Waals surface area contributed by atoms with Gasteiger partial charge in [0, 0.05) is 32.3 Å². The van der Waals surface area contributed by atoms with Crippen LogP contribution in [0.2, 0.25) is 0 Å². The Kier molecular flexibility index (Phi) is 14.6. The van der Waals surface area contributed by atoms with Gasteiger partial charge in [-0.05, 0) is 104 Å². The van der Waals surface area contributed by atoms with Gasteiger partial charge in [0.15, 0.2) is 0 Å². The number of ether oxygens (including phenoxy) is 1. The Morgan fingerprint density at radius 2 is 0.392 bits per heavy atom. The van der Waals surface area contributed by atoms with Crippen molar-refractivity contribution in [2.24, 2.45) is 0 Å². The summed E-state index contributed by atoms with van der Waals surface area (Å²) in [4.78, 5) is 0. The third-order valence-corrected chi connectivity index (χ3v) is 24.9. The van der Waals surface area contributed by atoms with Crippen LogP contribution in [-0.2, 0) is 12.3 Å². The zero-order valence-electron chi connectivity index (χ0n) is 43.3. The van der Waals surface area contributed by atoms with E-state index in [1.165, 1.54) is 108 Å². The average molecular weight is 1180 g/mol. The second-order valence-electron chi connectivity index (χ2n) is 20.3. The summed E-state index contributed by atoms with van der Waals surface area (Å²) in [6.45, 7) is 0. The van der Waals surface area contributed by atoms with E-state index in [0.717, 1.165) is 23.8 Å². The van der Waals surface area contributed by atoms with Crippen LogP contribution in [0.3, 0.4) is 0 Å². The Balaban J connectivity index is 0.00000312. The first-order chi connectivity index (χ1) is 38.1. The molecule has 0 unspecified atom stereocenters. The highest BCUT2D eigenvalue weighted by Crippen LogP contribution is 2.63. The number of hydrogen-bond acceptors (Lipinski definition) is 1. The highest BCUT2D eigenvalue weighted by Gasteiger charge is 2.50. The molecule has 0 bridgehead atoms. The molecule has 0 amide bonds. The monoisotopic (exact) mass is 1180 g/mol. The van der Waals surface area contributed by atoms with E-state index in [1.807, 2.05) is 0 Å². The molecule has 0 fully saturated rings. The first kappa shape index (κ1) is 52.0. The summed E-state index contributed by atoms with van der Waals surface area (Å²) < 4.78 is 6.82. The van der Waals surface area contributed by atoms with Crippen molar-refractivity contribution in [2.75, 3.05) is 0 Å². The van der Waals surface area contributed by atoms with Gasteiger partial charge < -0.3 is 38.7 Å². The predicted octanol–water partition coefficient (Wildman–Crippen LogP) is 11.4. The largest absolute Gasteiger partial charge is 1.00 e. The third-order valence-electron chi connectivity index (χ3n) is 16.0. The number of rotatable bonds is 12. The van der Waals surface area contributed by atoms with Crippen LogP contribution in [0.25, 0.3) is 64.6 Å². The molecule has 0 aromatic heterocycles. The van der Waals surface area contributed by atoms with Crippen LogP contribution in [0.1, 0.15) is 11.1 Å². The van der Waals surface area contributed by atoms with Gasteiger partial charge in [-0.15, -0.1) is 0 Å². The molecule has 0 aliphatic rings. The Bertz CT molecular complexity index is 3810. The van der Waals surface area contributed by atoms with Crippen LogP contribution >= 0.6 is 14.5 Å². The topological polar surface area (TPSA) is 9.23 Å². The van der Waals surface area contributed by atoms with Crippen molar-refractivity contribution in [1.29, 1.82) is 0 Å². The van der Waals surface area contributed by atoms with E-state index in [0.29, 0.717) is 0 Å². The molecule has 14 aromatic carbocycles. The van der Waals surface area contributed by atoms with Crippen molar-refractivity contribution in [3.05, 3.63) is 314 Å². The fraction of sp³-hybridized carbons (Fsp3) is 0.0270. The van der Waals surface area contributed by atoms with Crippen LogP contribution in [0, 0.1) is 0 Å². The lowest BCUT2D eigenvalue weighted by Gasteiger charge is -2.31. The summed E-state index contributed by atoms with van der Waals surface area (Å²) in [5.41, 5.74) is 2.54. The molecule has 14 aromatic rings. The van der Waals surface area contributed by atoms with E-state index in [9.17, 15) is 0 Å². The van der Waals surface area contributed by atoms with Crippen molar-refractivity contribution < 1.29 is 38.7 Å². The molecule has 0 atom stereocenters. The summed E-state index contributed by atoms with van der Waals surface area (Å²) in [5, 5.41) is 23.8. The molecule has 1 nitrogen and oxygen atoms in total. The quantitative estimate of drug-likeness (QED) is 0.111. The normalized spacial score (nSPS) is 11.7. The minimum absolute atomic E-state index is 0. The molecule has 0 heterocycles. The molecule has 5 heteroatoms. The van der Waals surface area contributed by atoms with E-state index in [-0.39, 0.29) is 34.0 Å². The smallest absolute Gasteiger partial charge is 0.127 e. The molecule has 0 radical (unpaired) electrons. The van der Waals surface area contributed by atoms with Gasteiger partial charge in [0.1, 0.15) is 57.9 Å². The molecule has 79 heavy (non-hydrogen) atoms. The summed E-state index contributed by atoms with van der Waals surface area (Å²) in [6.07, 6.45) is 1.68. The van der Waals surface area contributed by atoms with Gasteiger partial charge >= 0.3 is 0 Å². The number of halogens is 2. The lowest BCUT2D eigenvalue weighted by Crippen LogP contribution is -3.00. The molecule has 0 aliphatic heterocycles. The van der Waals surface area contributed by atoms with Gasteiger partial charge in [-0.3, -0.25) is 0 Å². The van der Waals surface area contributed by atoms with Crippen molar-refractivity contribution in [3.63, 3.8) is 0 Å². The highest BCUT2D eigenvalue weighted by atomic mass is 79.9. The third kappa shape index (κ3) is 9.24. The molecular formula is C74H54Br2OP2. The average Bonchev–Trinajstić information content (AvgIpc) is 3.68. The molecule has 0 spiro atoms. The van der Waals surface area contributed by atoms with Crippen molar-refractivity contribution in [2.45, 2.75) is 12.3 Å². The summed E-state index contributed by atoms with van der Waals surface area (Å²) >= 11 is 0. The molecule has 0 saturated carbocycles. The van der Waals surface area contributed by atoms with Crippen LogP contribution in [0.15, 0.2) is 303 Å². The van der Waals surface area contributed by atoms with Crippen molar-refractivity contribution in [1.82, 2.24) is 0 Å². The van der Waals surface area contributed by atoms with Crippen LogP contribution < -0.4 is 70.5 Å². The summed E-state index contributed by atoms with van der Waals surface area (Å²) in [7, 11) is -4.93.